The van der Waals surface area contributed by atoms with Gasteiger partial charge in [-0.3, -0.25) is 4.79 Å². The van der Waals surface area contributed by atoms with Crippen LogP contribution in [-0.4, -0.2) is 29.5 Å². The summed E-state index contributed by atoms with van der Waals surface area (Å²) in [7, 11) is 0. The topological polar surface area (TPSA) is 68.3 Å². The summed E-state index contributed by atoms with van der Waals surface area (Å²) in [5, 5.41) is 2.56. The van der Waals surface area contributed by atoms with Gasteiger partial charge in [0.25, 0.3) is 0 Å². The number of aldehydes is 1. The zero-order valence-electron chi connectivity index (χ0n) is 12.2. The highest BCUT2D eigenvalue weighted by Crippen LogP contribution is 2.06. The molecule has 0 bridgehead atoms. The van der Waals surface area contributed by atoms with Gasteiger partial charge in [0, 0.05) is 13.0 Å². The highest BCUT2D eigenvalue weighted by molar-refractivity contribution is 5.75. The minimum absolute atomic E-state index is 0.0822. The van der Waals surface area contributed by atoms with Gasteiger partial charge in [0.05, 0.1) is 11.8 Å². The van der Waals surface area contributed by atoms with Gasteiger partial charge in [0.1, 0.15) is 11.3 Å². The van der Waals surface area contributed by atoms with Gasteiger partial charge in [-0.05, 0) is 32.8 Å². The van der Waals surface area contributed by atoms with Crippen LogP contribution in [0.5, 0.6) is 0 Å². The summed E-state index contributed by atoms with van der Waals surface area (Å²) >= 11 is 0. The minimum atomic E-state index is -0.679. The molecule has 0 unspecified atom stereocenters. The monoisotopic (exact) mass is 292 g/mol. The number of carbonyl (C=O) groups excluding carboxylic acids is 2. The normalized spacial score (nSPS) is 10.3. The molecule has 0 saturated heterocycles. The van der Waals surface area contributed by atoms with Crippen LogP contribution in [0.4, 0.5) is 9.18 Å². The third kappa shape index (κ3) is 6.52. The lowest BCUT2D eigenvalue weighted by atomic mass is 10.2. The van der Waals surface area contributed by atoms with Crippen molar-refractivity contribution in [3.63, 3.8) is 0 Å². The molecule has 0 spiro atoms. The number of hydrogen-bond donors (Lipinski definition) is 1. The summed E-state index contributed by atoms with van der Waals surface area (Å²) in [6.07, 6.45) is 1.24. The highest BCUT2D eigenvalue weighted by atomic mass is 19.1. The molecule has 1 rings (SSSR count). The molecule has 1 N–H and O–H groups in total. The SMILES string of the molecule is CC(C)(C)OC(=O)NCCC#Cc1cc(C=O)c(F)cn1. The number of pyridine rings is 1. The van der Waals surface area contributed by atoms with Crippen LogP contribution in [0.2, 0.25) is 0 Å². The number of aromatic nitrogens is 1. The minimum Gasteiger partial charge on any atom is -0.444 e. The first-order valence-electron chi connectivity index (χ1n) is 6.38. The molecule has 1 heterocycles. The fraction of sp³-hybridized carbons (Fsp3) is 0.400. The molecule has 6 heteroatoms. The van der Waals surface area contributed by atoms with Crippen LogP contribution in [-0.2, 0) is 4.74 Å². The van der Waals surface area contributed by atoms with Crippen molar-refractivity contribution in [1.29, 1.82) is 0 Å². The number of nitrogens with zero attached hydrogens (tertiary/aromatic N) is 1. The Kier molecular flexibility index (Phi) is 5.85. The van der Waals surface area contributed by atoms with Crippen molar-refractivity contribution in [3.05, 3.63) is 29.3 Å². The molecule has 0 aliphatic heterocycles. The predicted octanol–water partition coefficient (Wildman–Crippen LogP) is 2.30. The van der Waals surface area contributed by atoms with Gasteiger partial charge in [-0.2, -0.15) is 0 Å². The number of halogens is 1. The number of rotatable bonds is 3. The van der Waals surface area contributed by atoms with Gasteiger partial charge in [-0.15, -0.1) is 0 Å². The molecule has 1 aromatic rings. The standard InChI is InChI=1S/C15H17FN2O3/c1-15(2,3)21-14(20)17-7-5-4-6-12-8-11(10-19)13(16)9-18-12/h8-10H,5,7H2,1-3H3,(H,17,20). The van der Waals surface area contributed by atoms with Gasteiger partial charge in [0.2, 0.25) is 0 Å². The molecule has 0 aliphatic carbocycles. The zero-order chi connectivity index (χ0) is 15.9. The highest BCUT2D eigenvalue weighted by Gasteiger charge is 2.15. The Morgan fingerprint density at radius 2 is 2.24 bits per heavy atom. The Morgan fingerprint density at radius 1 is 1.52 bits per heavy atom. The Bertz CT molecular complexity index is 583. The number of amides is 1. The zero-order valence-corrected chi connectivity index (χ0v) is 12.2. The molecule has 5 nitrogen and oxygen atoms in total. The molecule has 1 aromatic heterocycles. The molecule has 0 fully saturated rings. The second-order valence-electron chi connectivity index (χ2n) is 5.19. The molecule has 0 atom stereocenters. The average molecular weight is 292 g/mol. The van der Waals surface area contributed by atoms with Gasteiger partial charge in [0.15, 0.2) is 12.1 Å². The summed E-state index contributed by atoms with van der Waals surface area (Å²) in [6, 6.07) is 1.27. The first kappa shape index (κ1) is 16.6. The summed E-state index contributed by atoms with van der Waals surface area (Å²) in [4.78, 5) is 25.7. The molecule has 112 valence electrons. The number of carbonyl (C=O) groups is 2. The summed E-state index contributed by atoms with van der Waals surface area (Å²) in [5.41, 5.74) is -0.323. The molecule has 0 aromatic carbocycles. The van der Waals surface area contributed by atoms with E-state index in [1.807, 2.05) is 0 Å². The molecular weight excluding hydrogens is 275 g/mol. The second-order valence-corrected chi connectivity index (χ2v) is 5.19. The van der Waals surface area contributed by atoms with Gasteiger partial charge in [-0.25, -0.2) is 14.2 Å². The Hall–Kier alpha value is -2.42. The van der Waals surface area contributed by atoms with E-state index in [0.717, 1.165) is 6.20 Å². The van der Waals surface area contributed by atoms with Crippen molar-refractivity contribution < 1.29 is 18.7 Å². The Labute approximate surface area is 122 Å². The number of alkyl carbamates (subject to hydrolysis) is 1. The van der Waals surface area contributed by atoms with E-state index in [0.29, 0.717) is 24.9 Å². The van der Waals surface area contributed by atoms with Crippen LogP contribution in [0, 0.1) is 17.7 Å². The van der Waals surface area contributed by atoms with E-state index in [-0.39, 0.29) is 5.56 Å². The molecule has 1 amide bonds. The predicted molar refractivity (Wildman–Crippen MR) is 75.3 cm³/mol. The third-order valence-corrected chi connectivity index (χ3v) is 2.15. The fourth-order valence-electron chi connectivity index (χ4n) is 1.31. The lowest BCUT2D eigenvalue weighted by molar-refractivity contribution is 0.0529. The van der Waals surface area contributed by atoms with Gasteiger partial charge < -0.3 is 10.1 Å². The number of hydrogen-bond acceptors (Lipinski definition) is 4. The number of nitrogens with one attached hydrogen (secondary N) is 1. The van der Waals surface area contributed by atoms with E-state index in [9.17, 15) is 14.0 Å². The summed E-state index contributed by atoms with van der Waals surface area (Å²) < 4.78 is 18.1. The third-order valence-electron chi connectivity index (χ3n) is 2.15. The maximum Gasteiger partial charge on any atom is 0.407 e. The maximum absolute atomic E-state index is 13.0. The van der Waals surface area contributed by atoms with Crippen molar-refractivity contribution in [2.75, 3.05) is 6.54 Å². The summed E-state index contributed by atoms with van der Waals surface area (Å²) in [6.45, 7) is 5.65. The largest absolute Gasteiger partial charge is 0.444 e. The van der Waals surface area contributed by atoms with Crippen molar-refractivity contribution in [1.82, 2.24) is 10.3 Å². The van der Waals surface area contributed by atoms with Crippen LogP contribution in [0.1, 0.15) is 43.2 Å². The first-order valence-corrected chi connectivity index (χ1v) is 6.38. The van der Waals surface area contributed by atoms with E-state index in [4.69, 9.17) is 4.74 Å². The van der Waals surface area contributed by atoms with Crippen molar-refractivity contribution >= 4 is 12.4 Å². The lowest BCUT2D eigenvalue weighted by Crippen LogP contribution is -2.32. The van der Waals surface area contributed by atoms with E-state index in [1.165, 1.54) is 6.07 Å². The lowest BCUT2D eigenvalue weighted by Gasteiger charge is -2.19. The summed E-state index contributed by atoms with van der Waals surface area (Å²) in [5.74, 6) is 4.78. The van der Waals surface area contributed by atoms with E-state index < -0.39 is 17.5 Å². The van der Waals surface area contributed by atoms with Crippen molar-refractivity contribution in [2.24, 2.45) is 0 Å². The van der Waals surface area contributed by atoms with Gasteiger partial charge in [-0.1, -0.05) is 5.92 Å². The second kappa shape index (κ2) is 7.39. The molecule has 21 heavy (non-hydrogen) atoms. The Balaban J connectivity index is 2.43. The van der Waals surface area contributed by atoms with E-state index >= 15 is 0 Å². The van der Waals surface area contributed by atoms with Crippen LogP contribution in [0.15, 0.2) is 12.3 Å². The van der Waals surface area contributed by atoms with Crippen LogP contribution in [0.3, 0.4) is 0 Å². The van der Waals surface area contributed by atoms with Crippen LogP contribution >= 0.6 is 0 Å². The smallest absolute Gasteiger partial charge is 0.407 e. The average Bonchev–Trinajstić information content (AvgIpc) is 2.38. The maximum atomic E-state index is 13.0. The Morgan fingerprint density at radius 3 is 2.86 bits per heavy atom. The molecule has 0 saturated carbocycles. The molecule has 0 aliphatic rings. The van der Waals surface area contributed by atoms with E-state index in [1.54, 1.807) is 20.8 Å². The first-order chi connectivity index (χ1) is 9.81. The molecular formula is C15H17FN2O3. The van der Waals surface area contributed by atoms with Crippen LogP contribution < -0.4 is 5.32 Å². The van der Waals surface area contributed by atoms with Crippen LogP contribution in [0.25, 0.3) is 0 Å². The fourth-order valence-corrected chi connectivity index (χ4v) is 1.31. The quantitative estimate of drug-likeness (QED) is 0.527. The van der Waals surface area contributed by atoms with Gasteiger partial charge >= 0.3 is 6.09 Å². The van der Waals surface area contributed by atoms with Crippen molar-refractivity contribution in [2.45, 2.75) is 32.8 Å². The van der Waals surface area contributed by atoms with E-state index in [2.05, 4.69) is 22.1 Å². The van der Waals surface area contributed by atoms with Crippen molar-refractivity contribution in [3.8, 4) is 11.8 Å². The molecule has 0 radical (unpaired) electrons. The number of ether oxygens (including phenoxy) is 1.